The molecular weight excluding hydrogens is 315 g/mol. The summed E-state index contributed by atoms with van der Waals surface area (Å²) in [6, 6.07) is 9.38. The molecule has 0 amide bonds. The summed E-state index contributed by atoms with van der Waals surface area (Å²) in [5.41, 5.74) is 6.22. The third kappa shape index (κ3) is 3.11. The van der Waals surface area contributed by atoms with Crippen molar-refractivity contribution < 1.29 is 12.8 Å². The van der Waals surface area contributed by atoms with Gasteiger partial charge in [-0.05, 0) is 49.4 Å². The van der Waals surface area contributed by atoms with Gasteiger partial charge in [0, 0.05) is 6.54 Å². The maximum atomic E-state index is 13.0. The fourth-order valence-corrected chi connectivity index (χ4v) is 3.54. The Kier molecular flexibility index (Phi) is 4.39. The van der Waals surface area contributed by atoms with E-state index >= 15 is 0 Å². The lowest BCUT2D eigenvalue weighted by molar-refractivity contribution is 0.591. The number of hydrogen-bond acceptors (Lipinski definition) is 3. The second-order valence-corrected chi connectivity index (χ2v) is 6.60. The van der Waals surface area contributed by atoms with Crippen molar-refractivity contribution in [3.8, 4) is 0 Å². The number of hydrogen-bond donors (Lipinski definition) is 1. The third-order valence-electron chi connectivity index (χ3n) is 2.96. The molecule has 0 saturated heterocycles. The van der Waals surface area contributed by atoms with E-state index in [0.29, 0.717) is 10.7 Å². The van der Waals surface area contributed by atoms with Gasteiger partial charge in [0.1, 0.15) is 5.82 Å². The Balaban J connectivity index is 2.49. The van der Waals surface area contributed by atoms with Gasteiger partial charge in [0.2, 0.25) is 0 Å². The van der Waals surface area contributed by atoms with Gasteiger partial charge >= 0.3 is 0 Å². The largest absolute Gasteiger partial charge is 0.397 e. The zero-order valence-corrected chi connectivity index (χ0v) is 12.8. The molecule has 0 radical (unpaired) electrons. The molecule has 4 nitrogen and oxygen atoms in total. The summed E-state index contributed by atoms with van der Waals surface area (Å²) < 4.78 is 39.4. The molecule has 0 saturated carbocycles. The number of nitrogens with two attached hydrogens (primary N) is 1. The van der Waals surface area contributed by atoms with Crippen LogP contribution < -0.4 is 10.0 Å². The van der Waals surface area contributed by atoms with Crippen LogP contribution in [0.4, 0.5) is 15.8 Å². The second kappa shape index (κ2) is 5.91. The van der Waals surface area contributed by atoms with Gasteiger partial charge in [-0.3, -0.25) is 4.31 Å². The summed E-state index contributed by atoms with van der Waals surface area (Å²) in [4.78, 5) is 0.0376. The van der Waals surface area contributed by atoms with E-state index < -0.39 is 15.8 Å². The van der Waals surface area contributed by atoms with E-state index in [1.165, 1.54) is 46.8 Å². The maximum Gasteiger partial charge on any atom is 0.264 e. The zero-order chi connectivity index (χ0) is 15.6. The quantitative estimate of drug-likeness (QED) is 0.876. The third-order valence-corrected chi connectivity index (χ3v) is 5.20. The van der Waals surface area contributed by atoms with Crippen LogP contribution in [0.2, 0.25) is 5.02 Å². The monoisotopic (exact) mass is 328 g/mol. The molecule has 0 aliphatic rings. The molecule has 0 aliphatic heterocycles. The lowest BCUT2D eigenvalue weighted by Gasteiger charge is -2.23. The highest BCUT2D eigenvalue weighted by molar-refractivity contribution is 7.92. The lowest BCUT2D eigenvalue weighted by Crippen LogP contribution is -2.30. The summed E-state index contributed by atoms with van der Waals surface area (Å²) in [5, 5.41) is 0.291. The highest BCUT2D eigenvalue weighted by Gasteiger charge is 2.24. The zero-order valence-electron chi connectivity index (χ0n) is 11.3. The van der Waals surface area contributed by atoms with Gasteiger partial charge in [-0.2, -0.15) is 0 Å². The molecule has 0 heterocycles. The SMILES string of the molecule is CCN(c1ccc(F)cc1)S(=O)(=O)c1ccc(Cl)c(N)c1. The molecule has 0 fully saturated rings. The molecule has 7 heteroatoms. The summed E-state index contributed by atoms with van der Waals surface area (Å²) in [7, 11) is -3.78. The first-order valence-corrected chi connectivity index (χ1v) is 8.01. The summed E-state index contributed by atoms with van der Waals surface area (Å²) in [6.07, 6.45) is 0. The molecule has 2 aromatic rings. The van der Waals surface area contributed by atoms with Gasteiger partial charge in [-0.25, -0.2) is 12.8 Å². The number of nitrogen functional groups attached to an aromatic ring is 1. The maximum absolute atomic E-state index is 13.0. The average Bonchev–Trinajstić information content (AvgIpc) is 2.44. The van der Waals surface area contributed by atoms with Crippen LogP contribution in [0.15, 0.2) is 47.4 Å². The van der Waals surface area contributed by atoms with Crippen LogP contribution in [0.5, 0.6) is 0 Å². The molecule has 0 aliphatic carbocycles. The Morgan fingerprint density at radius 2 is 1.81 bits per heavy atom. The normalized spacial score (nSPS) is 11.4. The summed E-state index contributed by atoms with van der Waals surface area (Å²) >= 11 is 5.80. The Labute approximate surface area is 128 Å². The van der Waals surface area contributed by atoms with E-state index in [9.17, 15) is 12.8 Å². The van der Waals surface area contributed by atoms with Crippen LogP contribution in [0.1, 0.15) is 6.92 Å². The number of anilines is 2. The van der Waals surface area contributed by atoms with Crippen molar-refractivity contribution >= 4 is 33.0 Å². The molecule has 112 valence electrons. The molecule has 21 heavy (non-hydrogen) atoms. The number of halogens is 2. The first kappa shape index (κ1) is 15.6. The molecule has 0 atom stereocenters. The molecule has 2 rings (SSSR count). The minimum absolute atomic E-state index is 0.0376. The summed E-state index contributed by atoms with van der Waals surface area (Å²) in [6.45, 7) is 1.90. The van der Waals surface area contributed by atoms with Crippen LogP contribution in [0.3, 0.4) is 0 Å². The van der Waals surface area contributed by atoms with E-state index in [2.05, 4.69) is 0 Å². The number of benzene rings is 2. The lowest BCUT2D eigenvalue weighted by atomic mass is 10.3. The summed E-state index contributed by atoms with van der Waals surface area (Å²) in [5.74, 6) is -0.428. The van der Waals surface area contributed by atoms with Crippen molar-refractivity contribution in [3.63, 3.8) is 0 Å². The van der Waals surface area contributed by atoms with E-state index in [1.54, 1.807) is 6.92 Å². The van der Waals surface area contributed by atoms with Crippen LogP contribution in [0, 0.1) is 5.82 Å². The predicted molar refractivity (Wildman–Crippen MR) is 82.5 cm³/mol. The van der Waals surface area contributed by atoms with Crippen molar-refractivity contribution in [2.45, 2.75) is 11.8 Å². The highest BCUT2D eigenvalue weighted by atomic mass is 35.5. The fourth-order valence-electron chi connectivity index (χ4n) is 1.91. The smallest absolute Gasteiger partial charge is 0.264 e. The van der Waals surface area contributed by atoms with Crippen molar-refractivity contribution in [1.82, 2.24) is 0 Å². The van der Waals surface area contributed by atoms with Crippen molar-refractivity contribution in [3.05, 3.63) is 53.3 Å². The molecular formula is C14H14ClFN2O2S. The van der Waals surface area contributed by atoms with Crippen molar-refractivity contribution in [2.75, 3.05) is 16.6 Å². The van der Waals surface area contributed by atoms with E-state index in [1.807, 2.05) is 0 Å². The van der Waals surface area contributed by atoms with Gasteiger partial charge in [-0.1, -0.05) is 11.6 Å². The fraction of sp³-hybridized carbons (Fsp3) is 0.143. The van der Waals surface area contributed by atoms with Crippen LogP contribution in [0.25, 0.3) is 0 Å². The topological polar surface area (TPSA) is 63.4 Å². The molecule has 0 bridgehead atoms. The van der Waals surface area contributed by atoms with Crippen LogP contribution >= 0.6 is 11.6 Å². The van der Waals surface area contributed by atoms with Crippen LogP contribution in [-0.2, 0) is 10.0 Å². The van der Waals surface area contributed by atoms with E-state index in [-0.39, 0.29) is 17.1 Å². The number of rotatable bonds is 4. The first-order chi connectivity index (χ1) is 9.86. The van der Waals surface area contributed by atoms with E-state index in [0.717, 1.165) is 0 Å². The highest BCUT2D eigenvalue weighted by Crippen LogP contribution is 2.27. The van der Waals surface area contributed by atoms with Crippen molar-refractivity contribution in [2.24, 2.45) is 0 Å². The Bertz CT molecular complexity index is 748. The average molecular weight is 329 g/mol. The Morgan fingerprint density at radius 1 is 1.19 bits per heavy atom. The number of nitrogens with zero attached hydrogens (tertiary/aromatic N) is 1. The Morgan fingerprint density at radius 3 is 2.33 bits per heavy atom. The molecule has 2 aromatic carbocycles. The second-order valence-electron chi connectivity index (χ2n) is 4.33. The molecule has 0 unspecified atom stereocenters. The molecule has 2 N–H and O–H groups in total. The minimum Gasteiger partial charge on any atom is -0.397 e. The van der Waals surface area contributed by atoms with Gasteiger partial charge in [0.25, 0.3) is 10.0 Å². The number of sulfonamides is 1. The van der Waals surface area contributed by atoms with Gasteiger partial charge in [-0.15, -0.1) is 0 Å². The van der Waals surface area contributed by atoms with Crippen LogP contribution in [-0.4, -0.2) is 15.0 Å². The van der Waals surface area contributed by atoms with Gasteiger partial charge < -0.3 is 5.73 Å². The standard InChI is InChI=1S/C14H14ClFN2O2S/c1-2-18(11-5-3-10(16)4-6-11)21(19,20)12-7-8-13(15)14(17)9-12/h3-9H,2,17H2,1H3. The Hall–Kier alpha value is -1.79. The van der Waals surface area contributed by atoms with Gasteiger partial charge in [0.05, 0.1) is 21.3 Å². The molecule has 0 spiro atoms. The minimum atomic E-state index is -3.78. The van der Waals surface area contributed by atoms with Crippen molar-refractivity contribution in [1.29, 1.82) is 0 Å². The van der Waals surface area contributed by atoms with E-state index in [4.69, 9.17) is 17.3 Å². The predicted octanol–water partition coefficient (Wildman–Crippen LogP) is 3.28. The first-order valence-electron chi connectivity index (χ1n) is 6.19. The molecule has 0 aromatic heterocycles. The van der Waals surface area contributed by atoms with Gasteiger partial charge in [0.15, 0.2) is 0 Å².